The first-order valence-corrected chi connectivity index (χ1v) is 14.8. The van der Waals surface area contributed by atoms with Gasteiger partial charge in [-0.1, -0.05) is 31.2 Å². The van der Waals surface area contributed by atoms with Crippen molar-refractivity contribution >= 4 is 11.6 Å². The summed E-state index contributed by atoms with van der Waals surface area (Å²) in [5.41, 5.74) is 6.11. The van der Waals surface area contributed by atoms with E-state index >= 15 is 0 Å². The van der Waals surface area contributed by atoms with Gasteiger partial charge in [0.1, 0.15) is 36.2 Å². The van der Waals surface area contributed by atoms with Crippen LogP contribution in [-0.4, -0.2) is 25.8 Å². The van der Waals surface area contributed by atoms with Crippen LogP contribution in [0.15, 0.2) is 84.9 Å². The molecule has 4 aromatic rings. The molecule has 0 saturated heterocycles. The molecule has 0 aliphatic heterocycles. The van der Waals surface area contributed by atoms with E-state index in [1.165, 1.54) is 0 Å². The first-order chi connectivity index (χ1) is 20.9. The third-order valence-corrected chi connectivity index (χ3v) is 7.99. The Balaban J connectivity index is 0.000000171. The Hall–Kier alpha value is -4.58. The number of carbonyl (C=O) groups excluding carboxylic acids is 2. The van der Waals surface area contributed by atoms with Crippen LogP contribution in [0.4, 0.5) is 0 Å². The first kappa shape index (κ1) is 29.9. The SMILES string of the molecule is COc1ccc(COc2ccc3c(c2)CCC(C)C3=O)cc1.COc1ccc(COc2ccc3c(c2)CCCC3=O)cc1. The summed E-state index contributed by atoms with van der Waals surface area (Å²) in [6, 6.07) is 27.2. The van der Waals surface area contributed by atoms with Crippen LogP contribution in [0.5, 0.6) is 23.0 Å². The van der Waals surface area contributed by atoms with Gasteiger partial charge in [-0.25, -0.2) is 0 Å². The van der Waals surface area contributed by atoms with Crippen LogP contribution in [0, 0.1) is 5.92 Å². The lowest BCUT2D eigenvalue weighted by molar-refractivity contribution is 0.0912. The Kier molecular flexibility index (Phi) is 9.77. The Labute approximate surface area is 253 Å². The maximum absolute atomic E-state index is 12.1. The smallest absolute Gasteiger partial charge is 0.165 e. The highest BCUT2D eigenvalue weighted by atomic mass is 16.5. The van der Waals surface area contributed by atoms with Crippen molar-refractivity contribution < 1.29 is 28.5 Å². The van der Waals surface area contributed by atoms with Crippen LogP contribution in [-0.2, 0) is 26.1 Å². The Morgan fingerprint density at radius 1 is 0.605 bits per heavy atom. The second-order valence-corrected chi connectivity index (χ2v) is 11.0. The van der Waals surface area contributed by atoms with E-state index in [-0.39, 0.29) is 17.5 Å². The molecule has 1 atom stereocenters. The molecular formula is C37H38O6. The Morgan fingerprint density at radius 3 is 1.63 bits per heavy atom. The van der Waals surface area contributed by atoms with E-state index < -0.39 is 0 Å². The van der Waals surface area contributed by atoms with Crippen molar-refractivity contribution in [2.45, 2.75) is 52.2 Å². The molecule has 6 nitrogen and oxygen atoms in total. The molecule has 0 radical (unpaired) electrons. The minimum atomic E-state index is 0.138. The predicted molar refractivity (Wildman–Crippen MR) is 167 cm³/mol. The molecular weight excluding hydrogens is 540 g/mol. The average molecular weight is 579 g/mol. The summed E-state index contributed by atoms with van der Waals surface area (Å²) in [6.07, 6.45) is 4.43. The normalized spacial score (nSPS) is 15.4. The van der Waals surface area contributed by atoms with Crippen LogP contribution < -0.4 is 18.9 Å². The van der Waals surface area contributed by atoms with Gasteiger partial charge in [-0.15, -0.1) is 0 Å². The fourth-order valence-electron chi connectivity index (χ4n) is 5.37. The number of ether oxygens (including phenoxy) is 4. The second-order valence-electron chi connectivity index (χ2n) is 11.0. The molecule has 2 aliphatic carbocycles. The highest BCUT2D eigenvalue weighted by Crippen LogP contribution is 2.29. The number of aryl methyl sites for hydroxylation is 2. The molecule has 2 aliphatic rings. The number of fused-ring (bicyclic) bond motifs is 2. The van der Waals surface area contributed by atoms with Crippen LogP contribution in [0.3, 0.4) is 0 Å². The van der Waals surface area contributed by atoms with E-state index in [0.717, 1.165) is 82.1 Å². The molecule has 6 heteroatoms. The van der Waals surface area contributed by atoms with Gasteiger partial charge in [-0.05, 0) is 109 Å². The average Bonchev–Trinajstić information content (AvgIpc) is 3.05. The largest absolute Gasteiger partial charge is 0.497 e. The number of Topliss-reactive ketones (excluding diaryl/α,β-unsaturated/α-hetero) is 2. The molecule has 0 fully saturated rings. The van der Waals surface area contributed by atoms with Gasteiger partial charge in [-0.2, -0.15) is 0 Å². The summed E-state index contributed by atoms with van der Waals surface area (Å²) in [7, 11) is 3.31. The number of ketones is 2. The molecule has 0 spiro atoms. The minimum Gasteiger partial charge on any atom is -0.497 e. The number of hydrogen-bond acceptors (Lipinski definition) is 6. The first-order valence-electron chi connectivity index (χ1n) is 14.8. The van der Waals surface area contributed by atoms with Crippen molar-refractivity contribution in [3.05, 3.63) is 118 Å². The lowest BCUT2D eigenvalue weighted by atomic mass is 9.84. The van der Waals surface area contributed by atoms with E-state index in [1.807, 2.05) is 91.9 Å². The molecule has 43 heavy (non-hydrogen) atoms. The zero-order chi connectivity index (χ0) is 30.2. The van der Waals surface area contributed by atoms with Crippen LogP contribution in [0.1, 0.15) is 69.2 Å². The van der Waals surface area contributed by atoms with Crippen molar-refractivity contribution in [2.24, 2.45) is 5.92 Å². The van der Waals surface area contributed by atoms with E-state index in [1.54, 1.807) is 14.2 Å². The highest BCUT2D eigenvalue weighted by Gasteiger charge is 2.24. The molecule has 0 aromatic heterocycles. The van der Waals surface area contributed by atoms with E-state index in [2.05, 4.69) is 0 Å². The van der Waals surface area contributed by atoms with Crippen molar-refractivity contribution in [3.8, 4) is 23.0 Å². The van der Waals surface area contributed by atoms with Crippen molar-refractivity contribution in [2.75, 3.05) is 14.2 Å². The number of methoxy groups -OCH3 is 2. The van der Waals surface area contributed by atoms with Gasteiger partial charge in [0, 0.05) is 23.5 Å². The summed E-state index contributed by atoms with van der Waals surface area (Å²) in [4.78, 5) is 23.9. The van der Waals surface area contributed by atoms with Crippen LogP contribution >= 0.6 is 0 Å². The fraction of sp³-hybridized carbons (Fsp3) is 0.297. The molecule has 4 aromatic carbocycles. The van der Waals surface area contributed by atoms with Gasteiger partial charge in [0.2, 0.25) is 0 Å². The fourth-order valence-corrected chi connectivity index (χ4v) is 5.37. The zero-order valence-electron chi connectivity index (χ0n) is 25.1. The Bertz CT molecular complexity index is 1560. The summed E-state index contributed by atoms with van der Waals surface area (Å²) in [5.74, 6) is 3.95. The molecule has 6 rings (SSSR count). The summed E-state index contributed by atoms with van der Waals surface area (Å²) < 4.78 is 21.9. The van der Waals surface area contributed by atoms with Gasteiger partial charge in [-0.3, -0.25) is 9.59 Å². The molecule has 0 heterocycles. The van der Waals surface area contributed by atoms with Crippen LogP contribution in [0.25, 0.3) is 0 Å². The maximum Gasteiger partial charge on any atom is 0.165 e. The number of rotatable bonds is 8. The topological polar surface area (TPSA) is 71.1 Å². The van der Waals surface area contributed by atoms with E-state index in [0.29, 0.717) is 19.6 Å². The minimum absolute atomic E-state index is 0.138. The van der Waals surface area contributed by atoms with E-state index in [9.17, 15) is 9.59 Å². The summed E-state index contributed by atoms with van der Waals surface area (Å²) >= 11 is 0. The van der Waals surface area contributed by atoms with Crippen LogP contribution in [0.2, 0.25) is 0 Å². The van der Waals surface area contributed by atoms with Gasteiger partial charge in [0.15, 0.2) is 11.6 Å². The lowest BCUT2D eigenvalue weighted by Gasteiger charge is -2.20. The summed E-state index contributed by atoms with van der Waals surface area (Å²) in [6.45, 7) is 3.02. The third-order valence-electron chi connectivity index (χ3n) is 7.99. The standard InChI is InChI=1S/C19H20O3.C18H18O3/c1-13-3-6-15-11-17(9-10-18(15)19(13)20)22-12-14-4-7-16(21-2)8-5-14;1-20-15-7-5-13(6-8-15)12-21-16-9-10-17-14(11-16)3-2-4-18(17)19/h4-5,7-11,13H,3,6,12H2,1-2H3;5-11H,2-4,12H2,1H3. The molecule has 0 N–H and O–H groups in total. The predicted octanol–water partition coefficient (Wildman–Crippen LogP) is 7.83. The number of hydrogen-bond donors (Lipinski definition) is 0. The van der Waals surface area contributed by atoms with E-state index in [4.69, 9.17) is 18.9 Å². The van der Waals surface area contributed by atoms with Gasteiger partial charge in [0.25, 0.3) is 0 Å². The Morgan fingerprint density at radius 2 is 1.09 bits per heavy atom. The van der Waals surface area contributed by atoms with Crippen molar-refractivity contribution in [1.82, 2.24) is 0 Å². The third kappa shape index (κ3) is 7.63. The maximum atomic E-state index is 12.1. The van der Waals surface area contributed by atoms with Crippen molar-refractivity contribution in [3.63, 3.8) is 0 Å². The number of benzene rings is 4. The zero-order valence-corrected chi connectivity index (χ0v) is 25.1. The number of carbonyl (C=O) groups is 2. The highest BCUT2D eigenvalue weighted by molar-refractivity contribution is 6.00. The molecule has 222 valence electrons. The van der Waals surface area contributed by atoms with Crippen molar-refractivity contribution in [1.29, 1.82) is 0 Å². The van der Waals surface area contributed by atoms with Gasteiger partial charge < -0.3 is 18.9 Å². The lowest BCUT2D eigenvalue weighted by Crippen LogP contribution is -2.19. The molecule has 0 saturated carbocycles. The monoisotopic (exact) mass is 578 g/mol. The molecule has 0 amide bonds. The van der Waals surface area contributed by atoms with Gasteiger partial charge in [0.05, 0.1) is 14.2 Å². The second kappa shape index (κ2) is 14.1. The quantitative estimate of drug-likeness (QED) is 0.212. The summed E-state index contributed by atoms with van der Waals surface area (Å²) in [5, 5.41) is 0. The molecule has 0 bridgehead atoms. The molecule has 1 unspecified atom stereocenters. The van der Waals surface area contributed by atoms with Gasteiger partial charge >= 0.3 is 0 Å².